The standard InChI is InChI=1S/C54H36N4.C52H36N4/c55-37-38-16-13-25-45(34-38)47-27-15-29-49(36-47)54-57-52(43-23-11-4-12-24-43)56-53(58-54)44-32-30-39(31-33-44)46-26-14-28-48(35-46)51(42-21-9-3-10-22-42)50(40-17-5-1-6-18-40)41-19-7-2-8-20-41;1-6-18-38(19-7-1)48(39-20-8-2-9-21-39)49(40-22-10-3-11-23-40)45-29-16-28-44(36-45)47-31-17-30-46(53-47)37-32-34-43(35-33-37)52-55-50(41-24-12-4-13-25-41)54-51(56-52)42-26-14-5-15-27-42/h1-36H;1-36H. The van der Waals surface area contributed by atoms with Crippen molar-refractivity contribution in [2.75, 3.05) is 0 Å². The minimum absolute atomic E-state index is 0.576. The monoisotopic (exact) mass is 1460 g/mol. The molecule has 536 valence electrons. The highest BCUT2D eigenvalue weighted by molar-refractivity contribution is 6.06. The zero-order valence-electron chi connectivity index (χ0n) is 62.1. The number of pyridine rings is 1. The Hall–Kier alpha value is -15.6. The summed E-state index contributed by atoms with van der Waals surface area (Å²) in [5, 5.41) is 9.50. The fourth-order valence-electron chi connectivity index (χ4n) is 14.4. The van der Waals surface area contributed by atoms with Crippen LogP contribution in [0.25, 0.3) is 135 Å². The third-order valence-corrected chi connectivity index (χ3v) is 19.9. The first-order chi connectivity index (χ1) is 56.5. The molecule has 8 nitrogen and oxygen atoms in total. The molecule has 0 atom stereocenters. The molecule has 0 unspecified atom stereocenters. The SMILES string of the molecule is N#Cc1cccc(-c2cccc(-c3nc(-c4ccccc4)nc(-c4ccc(-c5cccc(C(=C(c6ccccc6)c6ccccc6)c6ccccc6)c5)cc4)n3)c2)c1.c1ccc(C(=C(c2ccccc2)c2cccc(-c3cccc(-c4ccc(-c5nc(-c6ccccc6)nc(-c6ccccc6)n5)cc4)n3)c2)c2ccccc2)cc1. The molecule has 0 saturated carbocycles. The lowest BCUT2D eigenvalue weighted by Gasteiger charge is -2.19. The zero-order chi connectivity index (χ0) is 76.6. The Morgan fingerprint density at radius 3 is 0.754 bits per heavy atom. The summed E-state index contributed by atoms with van der Waals surface area (Å²) < 4.78 is 0. The van der Waals surface area contributed by atoms with Crippen LogP contribution in [0.2, 0.25) is 0 Å². The summed E-state index contributed by atoms with van der Waals surface area (Å²) in [6.07, 6.45) is 0. The third-order valence-electron chi connectivity index (χ3n) is 19.9. The van der Waals surface area contributed by atoms with Crippen molar-refractivity contribution in [3.8, 4) is 119 Å². The van der Waals surface area contributed by atoms with E-state index in [9.17, 15) is 5.26 Å². The molecule has 18 aromatic rings. The predicted octanol–water partition coefficient (Wildman–Crippen LogP) is 25.7. The van der Waals surface area contributed by atoms with Gasteiger partial charge in [0.25, 0.3) is 0 Å². The quantitative estimate of drug-likeness (QED) is 0.0781. The van der Waals surface area contributed by atoms with E-state index in [1.54, 1.807) is 0 Å². The highest BCUT2D eigenvalue weighted by Gasteiger charge is 2.22. The third kappa shape index (κ3) is 16.3. The first-order valence-corrected chi connectivity index (χ1v) is 38.0. The summed E-state index contributed by atoms with van der Waals surface area (Å²) in [5.74, 6) is 3.66. The number of nitrogens with zero attached hydrogens (tertiary/aromatic N) is 8. The molecule has 114 heavy (non-hydrogen) atoms. The highest BCUT2D eigenvalue weighted by atomic mass is 15.0. The van der Waals surface area contributed by atoms with Crippen LogP contribution in [0.5, 0.6) is 0 Å². The molecule has 0 saturated heterocycles. The Bertz CT molecular complexity index is 6320. The van der Waals surface area contributed by atoms with Crippen molar-refractivity contribution in [1.29, 1.82) is 5.26 Å². The van der Waals surface area contributed by atoms with Gasteiger partial charge in [0.2, 0.25) is 0 Å². The second kappa shape index (κ2) is 33.9. The van der Waals surface area contributed by atoms with Gasteiger partial charge in [-0.25, -0.2) is 34.9 Å². The number of benzene rings is 15. The van der Waals surface area contributed by atoms with Gasteiger partial charge in [-0.1, -0.05) is 394 Å². The summed E-state index contributed by atoms with van der Waals surface area (Å²) in [5.41, 5.74) is 27.9. The fourth-order valence-corrected chi connectivity index (χ4v) is 14.4. The van der Waals surface area contributed by atoms with E-state index in [1.807, 2.05) is 133 Å². The van der Waals surface area contributed by atoms with Gasteiger partial charge in [0.1, 0.15) is 0 Å². The summed E-state index contributed by atoms with van der Waals surface area (Å²) >= 11 is 0. The van der Waals surface area contributed by atoms with Gasteiger partial charge in [-0.05, 0) is 132 Å². The number of nitriles is 1. The van der Waals surface area contributed by atoms with Crippen LogP contribution in [-0.2, 0) is 0 Å². The molecule has 3 heterocycles. The molecule has 0 radical (unpaired) electrons. The Morgan fingerprint density at radius 2 is 0.386 bits per heavy atom. The van der Waals surface area contributed by atoms with Crippen LogP contribution in [0.15, 0.2) is 437 Å². The average molecular weight is 1460 g/mol. The maximum absolute atomic E-state index is 9.50. The van der Waals surface area contributed by atoms with E-state index in [4.69, 9.17) is 34.9 Å². The van der Waals surface area contributed by atoms with Crippen molar-refractivity contribution in [2.24, 2.45) is 0 Å². The Labute approximate surface area is 664 Å². The van der Waals surface area contributed by atoms with Gasteiger partial charge in [0.15, 0.2) is 34.9 Å². The molecular formula is C106H72N8. The van der Waals surface area contributed by atoms with Crippen LogP contribution < -0.4 is 0 Å². The maximum atomic E-state index is 9.50. The fraction of sp³-hybridized carbons (Fsp3) is 0. The normalized spacial score (nSPS) is 10.8. The maximum Gasteiger partial charge on any atom is 0.164 e. The summed E-state index contributed by atoms with van der Waals surface area (Å²) in [7, 11) is 0. The topological polar surface area (TPSA) is 114 Å². The van der Waals surface area contributed by atoms with Crippen molar-refractivity contribution in [3.63, 3.8) is 0 Å². The van der Waals surface area contributed by atoms with Crippen LogP contribution in [-0.4, -0.2) is 34.9 Å². The molecule has 0 aliphatic rings. The van der Waals surface area contributed by atoms with Crippen molar-refractivity contribution in [2.45, 2.75) is 0 Å². The predicted molar refractivity (Wildman–Crippen MR) is 465 cm³/mol. The molecule has 0 aliphatic heterocycles. The van der Waals surface area contributed by atoms with Gasteiger partial charge >= 0.3 is 0 Å². The molecular weight excluding hydrogens is 1390 g/mol. The van der Waals surface area contributed by atoms with Gasteiger partial charge in [-0.15, -0.1) is 0 Å². The average Bonchev–Trinajstić information content (AvgIpc) is 0.790. The second-order valence-corrected chi connectivity index (χ2v) is 27.4. The molecule has 0 aliphatic carbocycles. The van der Waals surface area contributed by atoms with Gasteiger partial charge in [0.05, 0.1) is 23.0 Å². The number of hydrogen-bond donors (Lipinski definition) is 0. The molecule has 8 heteroatoms. The largest absolute Gasteiger partial charge is 0.248 e. The molecule has 0 N–H and O–H groups in total. The first-order valence-electron chi connectivity index (χ1n) is 38.0. The summed E-state index contributed by atoms with van der Waals surface area (Å²) in [6, 6.07) is 153. The molecule has 0 fully saturated rings. The van der Waals surface area contributed by atoms with Crippen molar-refractivity contribution >= 4 is 22.3 Å². The smallest absolute Gasteiger partial charge is 0.164 e. The van der Waals surface area contributed by atoms with Crippen LogP contribution >= 0.6 is 0 Å². The minimum atomic E-state index is 0.576. The lowest BCUT2D eigenvalue weighted by atomic mass is 9.85. The van der Waals surface area contributed by atoms with E-state index in [-0.39, 0.29) is 0 Å². The molecule has 18 rings (SSSR count). The number of rotatable bonds is 18. The zero-order valence-corrected chi connectivity index (χ0v) is 62.1. The molecule has 0 spiro atoms. The van der Waals surface area contributed by atoms with E-state index < -0.39 is 0 Å². The van der Waals surface area contributed by atoms with E-state index in [1.165, 1.54) is 22.3 Å². The summed E-state index contributed by atoms with van der Waals surface area (Å²) in [6.45, 7) is 0. The molecule has 0 bridgehead atoms. The van der Waals surface area contributed by atoms with E-state index in [0.717, 1.165) is 123 Å². The van der Waals surface area contributed by atoms with Crippen molar-refractivity contribution < 1.29 is 0 Å². The van der Waals surface area contributed by atoms with Crippen LogP contribution in [0.4, 0.5) is 0 Å². The highest BCUT2D eigenvalue weighted by Crippen LogP contribution is 2.42. The second-order valence-electron chi connectivity index (χ2n) is 27.4. The first kappa shape index (κ1) is 71.4. The van der Waals surface area contributed by atoms with Crippen LogP contribution in [0.1, 0.15) is 50.1 Å². The van der Waals surface area contributed by atoms with Crippen molar-refractivity contribution in [3.05, 3.63) is 487 Å². The number of hydrogen-bond acceptors (Lipinski definition) is 8. The van der Waals surface area contributed by atoms with E-state index in [2.05, 4.69) is 309 Å². The van der Waals surface area contributed by atoms with Gasteiger partial charge in [-0.3, -0.25) is 0 Å². The summed E-state index contributed by atoms with van der Waals surface area (Å²) in [4.78, 5) is 34.9. The molecule has 3 aromatic heterocycles. The van der Waals surface area contributed by atoms with E-state index >= 15 is 0 Å². The van der Waals surface area contributed by atoms with Crippen LogP contribution in [0, 0.1) is 11.3 Å². The Balaban J connectivity index is 0.000000165. The van der Waals surface area contributed by atoms with Gasteiger partial charge in [-0.2, -0.15) is 5.26 Å². The number of aromatic nitrogens is 7. The van der Waals surface area contributed by atoms with Gasteiger partial charge in [0, 0.05) is 44.5 Å². The van der Waals surface area contributed by atoms with Gasteiger partial charge < -0.3 is 0 Å². The Morgan fingerprint density at radius 1 is 0.158 bits per heavy atom. The lowest BCUT2D eigenvalue weighted by Crippen LogP contribution is -2.00. The van der Waals surface area contributed by atoms with Crippen molar-refractivity contribution in [1.82, 2.24) is 34.9 Å². The Kier molecular flexibility index (Phi) is 21.2. The molecule has 0 amide bonds. The lowest BCUT2D eigenvalue weighted by molar-refractivity contribution is 1.07. The van der Waals surface area contributed by atoms with Crippen LogP contribution in [0.3, 0.4) is 0 Å². The minimum Gasteiger partial charge on any atom is -0.248 e. The van der Waals surface area contributed by atoms with E-state index in [0.29, 0.717) is 40.5 Å². The molecule has 15 aromatic carbocycles.